The van der Waals surface area contributed by atoms with Crippen molar-refractivity contribution >= 4 is 15.9 Å². The predicted molar refractivity (Wildman–Crippen MR) is 64.6 cm³/mol. The second-order valence-electron chi connectivity index (χ2n) is 3.49. The highest BCUT2D eigenvalue weighted by Crippen LogP contribution is 2.36. The molecule has 0 amide bonds. The van der Waals surface area contributed by atoms with Gasteiger partial charge >= 0.3 is 0 Å². The van der Waals surface area contributed by atoms with E-state index >= 15 is 0 Å². The maximum Gasteiger partial charge on any atom is 0.174 e. The van der Waals surface area contributed by atoms with Crippen LogP contribution in [-0.4, -0.2) is 20.3 Å². The molecule has 0 bridgehead atoms. The predicted octanol–water partition coefficient (Wildman–Crippen LogP) is 2.36. The smallest absolute Gasteiger partial charge is 0.174 e. The van der Waals surface area contributed by atoms with E-state index in [1.165, 1.54) is 0 Å². The Morgan fingerprint density at radius 1 is 1.33 bits per heavy atom. The van der Waals surface area contributed by atoms with Crippen LogP contribution < -0.4 is 15.2 Å². The Morgan fingerprint density at radius 2 is 2.00 bits per heavy atom. The third-order valence-electron chi connectivity index (χ3n) is 2.05. The summed E-state index contributed by atoms with van der Waals surface area (Å²) in [4.78, 5) is 0. The molecule has 3 nitrogen and oxygen atoms in total. The van der Waals surface area contributed by atoms with E-state index in [9.17, 15) is 0 Å². The zero-order chi connectivity index (χ0) is 11.4. The zero-order valence-corrected chi connectivity index (χ0v) is 10.8. The maximum absolute atomic E-state index is 5.75. The molecule has 0 saturated carbocycles. The van der Waals surface area contributed by atoms with Crippen molar-refractivity contribution in [2.24, 2.45) is 5.73 Å². The van der Waals surface area contributed by atoms with Gasteiger partial charge in [-0.05, 0) is 47.0 Å². The van der Waals surface area contributed by atoms with Crippen molar-refractivity contribution in [3.8, 4) is 11.5 Å². The summed E-state index contributed by atoms with van der Waals surface area (Å²) in [6, 6.07) is 4.09. The molecule has 1 rings (SSSR count). The second kappa shape index (κ2) is 5.37. The van der Waals surface area contributed by atoms with Gasteiger partial charge in [-0.3, -0.25) is 0 Å². The van der Waals surface area contributed by atoms with Gasteiger partial charge in [0.05, 0.1) is 18.7 Å². The number of halogens is 1. The van der Waals surface area contributed by atoms with E-state index in [2.05, 4.69) is 15.9 Å². The maximum atomic E-state index is 5.75. The van der Waals surface area contributed by atoms with E-state index in [1.54, 1.807) is 14.2 Å². The first-order valence-electron chi connectivity index (χ1n) is 4.74. The average molecular weight is 274 g/mol. The Morgan fingerprint density at radius 3 is 2.47 bits per heavy atom. The molecule has 1 atom stereocenters. The Kier molecular flexibility index (Phi) is 4.42. The van der Waals surface area contributed by atoms with E-state index in [0.29, 0.717) is 5.75 Å². The lowest BCUT2D eigenvalue weighted by Gasteiger charge is -2.13. The van der Waals surface area contributed by atoms with E-state index < -0.39 is 0 Å². The summed E-state index contributed by atoms with van der Waals surface area (Å²) in [6.07, 6.45) is 0.818. The lowest BCUT2D eigenvalue weighted by molar-refractivity contribution is 0.352. The largest absolute Gasteiger partial charge is 0.493 e. The topological polar surface area (TPSA) is 44.5 Å². The molecule has 4 heteroatoms. The van der Waals surface area contributed by atoms with Gasteiger partial charge in [-0.25, -0.2) is 0 Å². The molecule has 15 heavy (non-hydrogen) atoms. The second-order valence-corrected chi connectivity index (χ2v) is 4.35. The molecule has 1 aromatic rings. The third kappa shape index (κ3) is 3.11. The average Bonchev–Trinajstić information content (AvgIpc) is 2.15. The van der Waals surface area contributed by atoms with Crippen LogP contribution in [0.5, 0.6) is 11.5 Å². The van der Waals surface area contributed by atoms with Gasteiger partial charge in [-0.15, -0.1) is 0 Å². The van der Waals surface area contributed by atoms with Crippen molar-refractivity contribution in [2.45, 2.75) is 19.4 Å². The Balaban J connectivity index is 3.08. The first kappa shape index (κ1) is 12.3. The van der Waals surface area contributed by atoms with Crippen LogP contribution in [0.1, 0.15) is 12.5 Å². The monoisotopic (exact) mass is 273 g/mol. The zero-order valence-electron chi connectivity index (χ0n) is 9.21. The minimum absolute atomic E-state index is 0.134. The fourth-order valence-electron chi connectivity index (χ4n) is 1.46. The highest BCUT2D eigenvalue weighted by Gasteiger charge is 2.10. The summed E-state index contributed by atoms with van der Waals surface area (Å²) in [5, 5.41) is 0. The lowest BCUT2D eigenvalue weighted by atomic mass is 10.1. The number of benzene rings is 1. The normalized spacial score (nSPS) is 12.3. The minimum Gasteiger partial charge on any atom is -0.493 e. The molecule has 2 N–H and O–H groups in total. The Bertz CT molecular complexity index is 340. The van der Waals surface area contributed by atoms with Gasteiger partial charge in [0.1, 0.15) is 0 Å². The number of rotatable bonds is 4. The van der Waals surface area contributed by atoms with Gasteiger partial charge in [0.2, 0.25) is 0 Å². The first-order chi connectivity index (χ1) is 7.08. The fourth-order valence-corrected chi connectivity index (χ4v) is 2.11. The van der Waals surface area contributed by atoms with Crippen molar-refractivity contribution in [1.29, 1.82) is 0 Å². The van der Waals surface area contributed by atoms with Crippen LogP contribution in [0.4, 0.5) is 0 Å². The summed E-state index contributed by atoms with van der Waals surface area (Å²) in [6.45, 7) is 1.98. The molecule has 0 heterocycles. The van der Waals surface area contributed by atoms with Gasteiger partial charge in [0.15, 0.2) is 11.5 Å². The number of hydrogen-bond donors (Lipinski definition) is 1. The van der Waals surface area contributed by atoms with E-state index in [4.69, 9.17) is 15.2 Å². The Hall–Kier alpha value is -0.740. The molecule has 84 valence electrons. The highest BCUT2D eigenvalue weighted by atomic mass is 79.9. The van der Waals surface area contributed by atoms with Crippen molar-refractivity contribution in [3.63, 3.8) is 0 Å². The molecule has 0 aromatic heterocycles. The van der Waals surface area contributed by atoms with Crippen LogP contribution in [0.2, 0.25) is 0 Å². The minimum atomic E-state index is 0.134. The van der Waals surface area contributed by atoms with Crippen molar-refractivity contribution in [1.82, 2.24) is 0 Å². The number of ether oxygens (including phenoxy) is 2. The van der Waals surface area contributed by atoms with Crippen LogP contribution >= 0.6 is 15.9 Å². The molecule has 0 aliphatic rings. The Labute approximate surface area is 98.7 Å². The summed E-state index contributed by atoms with van der Waals surface area (Å²) in [5.41, 5.74) is 6.88. The fraction of sp³-hybridized carbons (Fsp3) is 0.455. The molecule has 0 aliphatic carbocycles. The quantitative estimate of drug-likeness (QED) is 0.916. The van der Waals surface area contributed by atoms with Crippen LogP contribution in [0.15, 0.2) is 16.6 Å². The SMILES string of the molecule is COc1cc(C[C@@H](C)N)cc(Br)c1OC. The van der Waals surface area contributed by atoms with Gasteiger partial charge in [-0.2, -0.15) is 0 Å². The molecular weight excluding hydrogens is 258 g/mol. The highest BCUT2D eigenvalue weighted by molar-refractivity contribution is 9.10. The van der Waals surface area contributed by atoms with Crippen LogP contribution in [0, 0.1) is 0 Å². The van der Waals surface area contributed by atoms with Gasteiger partial charge in [0, 0.05) is 6.04 Å². The van der Waals surface area contributed by atoms with E-state index in [0.717, 1.165) is 22.2 Å². The molecule has 0 fully saturated rings. The first-order valence-corrected chi connectivity index (χ1v) is 5.53. The summed E-state index contributed by atoms with van der Waals surface area (Å²) < 4.78 is 11.4. The summed E-state index contributed by atoms with van der Waals surface area (Å²) >= 11 is 3.44. The molecular formula is C11H16BrNO2. The molecule has 0 unspecified atom stereocenters. The summed E-state index contributed by atoms with van der Waals surface area (Å²) in [5.74, 6) is 1.44. The van der Waals surface area contributed by atoms with Gasteiger partial charge in [0.25, 0.3) is 0 Å². The van der Waals surface area contributed by atoms with Crippen molar-refractivity contribution in [2.75, 3.05) is 14.2 Å². The van der Waals surface area contributed by atoms with E-state index in [-0.39, 0.29) is 6.04 Å². The number of hydrogen-bond acceptors (Lipinski definition) is 3. The molecule has 0 spiro atoms. The molecule has 0 saturated heterocycles. The van der Waals surface area contributed by atoms with Crippen molar-refractivity contribution in [3.05, 3.63) is 22.2 Å². The van der Waals surface area contributed by atoms with E-state index in [1.807, 2.05) is 19.1 Å². The van der Waals surface area contributed by atoms with Gasteiger partial charge in [-0.1, -0.05) is 0 Å². The molecule has 1 aromatic carbocycles. The summed E-state index contributed by atoms with van der Waals surface area (Å²) in [7, 11) is 3.24. The number of methoxy groups -OCH3 is 2. The van der Waals surface area contributed by atoms with Crippen LogP contribution in [-0.2, 0) is 6.42 Å². The van der Waals surface area contributed by atoms with Crippen molar-refractivity contribution < 1.29 is 9.47 Å². The molecule has 0 aliphatic heterocycles. The molecule has 0 radical (unpaired) electrons. The standard InChI is InChI=1S/C11H16BrNO2/c1-7(13)4-8-5-9(12)11(15-3)10(6-8)14-2/h5-7H,4,13H2,1-3H3/t7-/m1/s1. The third-order valence-corrected chi connectivity index (χ3v) is 2.64. The lowest BCUT2D eigenvalue weighted by Crippen LogP contribution is -2.17. The van der Waals surface area contributed by atoms with Crippen LogP contribution in [0.3, 0.4) is 0 Å². The van der Waals surface area contributed by atoms with Gasteiger partial charge < -0.3 is 15.2 Å². The van der Waals surface area contributed by atoms with Crippen LogP contribution in [0.25, 0.3) is 0 Å². The number of nitrogens with two attached hydrogens (primary N) is 1.